The lowest BCUT2D eigenvalue weighted by Gasteiger charge is -2.15. The molecule has 0 amide bonds. The normalized spacial score (nSPS) is 13.3. The summed E-state index contributed by atoms with van der Waals surface area (Å²) in [5.41, 5.74) is 3.08. The van der Waals surface area contributed by atoms with Gasteiger partial charge >= 0.3 is 0 Å². The van der Waals surface area contributed by atoms with Crippen LogP contribution in [-0.4, -0.2) is 37.4 Å². The number of alkyl halides is 2. The molecule has 0 aliphatic heterocycles. The lowest BCUT2D eigenvalue weighted by atomic mass is 10.1. The molecule has 2 aromatic heterocycles. The number of benzene rings is 1. The molecule has 0 saturated carbocycles. The van der Waals surface area contributed by atoms with Gasteiger partial charge in [-0.05, 0) is 36.4 Å². The fraction of sp³-hybridized carbons (Fsp3) is 0.143. The molecule has 0 unspecified atom stereocenters. The van der Waals surface area contributed by atoms with Crippen molar-refractivity contribution < 1.29 is 17.2 Å². The zero-order chi connectivity index (χ0) is 21.3. The highest BCUT2D eigenvalue weighted by molar-refractivity contribution is 7.89. The molecule has 3 aromatic rings. The van der Waals surface area contributed by atoms with Crippen molar-refractivity contribution in [2.75, 3.05) is 13.3 Å². The van der Waals surface area contributed by atoms with Crippen LogP contribution in [0.2, 0.25) is 0 Å². The number of hydrogen-bond donors (Lipinski definition) is 1. The van der Waals surface area contributed by atoms with Gasteiger partial charge in [0, 0.05) is 22.8 Å². The van der Waals surface area contributed by atoms with E-state index in [1.807, 2.05) is 27.5 Å². The fourth-order valence-electron chi connectivity index (χ4n) is 3.27. The number of nitrogens with zero attached hydrogens (tertiary/aromatic N) is 3. The van der Waals surface area contributed by atoms with Crippen molar-refractivity contribution in [2.24, 2.45) is 0 Å². The fourth-order valence-corrected chi connectivity index (χ4v) is 4.46. The number of halogens is 2. The molecule has 0 fully saturated rings. The third-order valence-electron chi connectivity index (χ3n) is 4.76. The molecule has 0 saturated heterocycles. The number of nitriles is 1. The first-order valence-corrected chi connectivity index (χ1v) is 10.5. The Balaban J connectivity index is 1.82. The predicted molar refractivity (Wildman–Crippen MR) is 109 cm³/mol. The summed E-state index contributed by atoms with van der Waals surface area (Å²) >= 11 is 0. The van der Waals surface area contributed by atoms with Crippen LogP contribution in [0.4, 0.5) is 8.78 Å². The number of allylic oxidation sites excluding steroid dienone is 4. The maximum Gasteiger partial charge on any atom is 0.240 e. The summed E-state index contributed by atoms with van der Waals surface area (Å²) < 4.78 is 54.0. The Labute approximate surface area is 171 Å². The van der Waals surface area contributed by atoms with Gasteiger partial charge in [-0.2, -0.15) is 5.26 Å². The third kappa shape index (κ3) is 3.30. The second kappa shape index (κ2) is 7.82. The first-order chi connectivity index (χ1) is 14.5. The smallest absolute Gasteiger partial charge is 0.240 e. The van der Waals surface area contributed by atoms with Crippen LogP contribution in [0.25, 0.3) is 28.0 Å². The number of sulfonamides is 1. The number of pyridine rings is 1. The number of hydrogen-bond acceptors (Lipinski definition) is 4. The highest BCUT2D eigenvalue weighted by atomic mass is 32.2. The largest absolute Gasteiger partial charge is 0.293 e. The van der Waals surface area contributed by atoms with Crippen molar-refractivity contribution in [3.8, 4) is 17.3 Å². The molecule has 0 spiro atoms. The van der Waals surface area contributed by atoms with Gasteiger partial charge in [-0.1, -0.05) is 18.2 Å². The predicted octanol–water partition coefficient (Wildman–Crippen LogP) is 3.57. The number of nitrogens with one attached hydrogen (secondary N) is 1. The molecule has 0 atom stereocenters. The Morgan fingerprint density at radius 1 is 1.17 bits per heavy atom. The number of rotatable bonds is 7. The summed E-state index contributed by atoms with van der Waals surface area (Å²) in [6.07, 6.45) is 7.28. The van der Waals surface area contributed by atoms with E-state index in [1.54, 1.807) is 30.5 Å². The minimum atomic E-state index is -4.08. The van der Waals surface area contributed by atoms with E-state index in [2.05, 4.69) is 11.1 Å². The standard InChI is InChI=1S/C21H16F2N4O2S/c22-11-15(12-23)26-30(28,29)17-8-6-14(7-9-17)20-19(13-24)18-5-2-10-25-21(18)27(20)16-3-1-4-16/h1-10,15,26H,11-12H2. The molecule has 1 aliphatic rings. The topological polar surface area (TPSA) is 87.8 Å². The summed E-state index contributed by atoms with van der Waals surface area (Å²) in [5, 5.41) is 10.5. The Kier molecular flexibility index (Phi) is 5.20. The molecular weight excluding hydrogens is 410 g/mol. The Bertz CT molecular complexity index is 1320. The van der Waals surface area contributed by atoms with Gasteiger partial charge in [-0.15, -0.1) is 0 Å². The second-order valence-corrected chi connectivity index (χ2v) is 8.36. The van der Waals surface area contributed by atoms with Gasteiger partial charge in [0.05, 0.1) is 22.2 Å². The highest BCUT2D eigenvalue weighted by Gasteiger charge is 2.24. The van der Waals surface area contributed by atoms with E-state index in [1.165, 1.54) is 12.1 Å². The van der Waals surface area contributed by atoms with Crippen molar-refractivity contribution in [3.05, 3.63) is 66.4 Å². The van der Waals surface area contributed by atoms with Crippen molar-refractivity contribution in [1.82, 2.24) is 14.3 Å². The summed E-state index contributed by atoms with van der Waals surface area (Å²) in [4.78, 5) is 4.28. The zero-order valence-electron chi connectivity index (χ0n) is 15.6. The molecule has 9 heteroatoms. The van der Waals surface area contributed by atoms with Crippen LogP contribution in [0.5, 0.6) is 0 Å². The average molecular weight is 426 g/mol. The first kappa shape index (κ1) is 19.9. The van der Waals surface area contributed by atoms with E-state index in [0.29, 0.717) is 27.9 Å². The quantitative estimate of drug-likeness (QED) is 0.626. The van der Waals surface area contributed by atoms with E-state index < -0.39 is 29.4 Å². The summed E-state index contributed by atoms with van der Waals surface area (Å²) in [6.45, 7) is -2.29. The van der Waals surface area contributed by atoms with Crippen LogP contribution in [0, 0.1) is 11.3 Å². The molecule has 0 radical (unpaired) electrons. The Morgan fingerprint density at radius 2 is 1.87 bits per heavy atom. The van der Waals surface area contributed by atoms with Gasteiger partial charge < -0.3 is 0 Å². The monoisotopic (exact) mass is 426 g/mol. The van der Waals surface area contributed by atoms with Gasteiger partial charge in [0.2, 0.25) is 10.0 Å². The van der Waals surface area contributed by atoms with Crippen LogP contribution in [-0.2, 0) is 10.0 Å². The molecule has 2 heterocycles. The minimum absolute atomic E-state index is 0.125. The van der Waals surface area contributed by atoms with Gasteiger partial charge in [0.25, 0.3) is 0 Å². The molecular formula is C21H16F2N4O2S. The lowest BCUT2D eigenvalue weighted by molar-refractivity contribution is 0.334. The Morgan fingerprint density at radius 3 is 2.43 bits per heavy atom. The summed E-state index contributed by atoms with van der Waals surface area (Å²) in [7, 11) is -4.08. The number of fused-ring (bicyclic) bond motifs is 1. The van der Waals surface area contributed by atoms with Gasteiger partial charge in [0.1, 0.15) is 25.1 Å². The summed E-state index contributed by atoms with van der Waals surface area (Å²) in [5.74, 6) is 0. The van der Waals surface area contributed by atoms with Crippen LogP contribution < -0.4 is 4.72 Å². The van der Waals surface area contributed by atoms with Gasteiger partial charge in [-0.25, -0.2) is 26.9 Å². The van der Waals surface area contributed by atoms with Crippen LogP contribution in [0.15, 0.2) is 65.7 Å². The third-order valence-corrected chi connectivity index (χ3v) is 6.30. The molecule has 1 aliphatic carbocycles. The second-order valence-electron chi connectivity index (χ2n) is 6.65. The van der Waals surface area contributed by atoms with E-state index in [-0.39, 0.29) is 4.90 Å². The maximum absolute atomic E-state index is 12.7. The first-order valence-electron chi connectivity index (χ1n) is 9.03. The minimum Gasteiger partial charge on any atom is -0.293 e. The molecule has 1 aromatic carbocycles. The van der Waals surface area contributed by atoms with Crippen LogP contribution >= 0.6 is 0 Å². The average Bonchev–Trinajstić information content (AvgIpc) is 3.05. The maximum atomic E-state index is 12.7. The lowest BCUT2D eigenvalue weighted by Crippen LogP contribution is -2.37. The van der Waals surface area contributed by atoms with E-state index in [9.17, 15) is 22.5 Å². The van der Waals surface area contributed by atoms with Crippen LogP contribution in [0.1, 0.15) is 5.56 Å². The molecule has 0 bridgehead atoms. The van der Waals surface area contributed by atoms with Crippen molar-refractivity contribution in [3.63, 3.8) is 0 Å². The molecule has 1 N–H and O–H groups in total. The SMILES string of the molecule is N#Cc1c(-c2ccc(S(=O)(=O)NC(CF)CF)cc2)n(C2=CC=C2)c2ncccc12. The van der Waals surface area contributed by atoms with Crippen molar-refractivity contribution >= 4 is 26.8 Å². The van der Waals surface area contributed by atoms with Crippen LogP contribution in [0.3, 0.4) is 0 Å². The summed E-state index contributed by atoms with van der Waals surface area (Å²) in [6, 6.07) is 10.1. The highest BCUT2D eigenvalue weighted by Crippen LogP contribution is 2.36. The van der Waals surface area contributed by atoms with Gasteiger partial charge in [-0.3, -0.25) is 4.57 Å². The van der Waals surface area contributed by atoms with Crippen molar-refractivity contribution in [2.45, 2.75) is 10.9 Å². The van der Waals surface area contributed by atoms with Crippen molar-refractivity contribution in [1.29, 1.82) is 5.26 Å². The zero-order valence-corrected chi connectivity index (χ0v) is 16.4. The number of aromatic nitrogens is 2. The molecule has 152 valence electrons. The van der Waals surface area contributed by atoms with E-state index in [0.717, 1.165) is 5.70 Å². The molecule has 30 heavy (non-hydrogen) atoms. The van der Waals surface area contributed by atoms with E-state index >= 15 is 0 Å². The van der Waals surface area contributed by atoms with E-state index in [4.69, 9.17) is 0 Å². The molecule has 4 rings (SSSR count). The Hall–Kier alpha value is -3.35. The molecule has 6 nitrogen and oxygen atoms in total. The van der Waals surface area contributed by atoms with Gasteiger partial charge in [0.15, 0.2) is 0 Å².